The summed E-state index contributed by atoms with van der Waals surface area (Å²) in [6.07, 6.45) is 1.40. The molecule has 2 atom stereocenters. The molecule has 2 aromatic heterocycles. The third-order valence-electron chi connectivity index (χ3n) is 7.65. The van der Waals surface area contributed by atoms with Gasteiger partial charge in [-0.2, -0.15) is 0 Å². The number of nitrogens with zero attached hydrogens (tertiary/aromatic N) is 2. The molecule has 7 nitrogen and oxygen atoms in total. The van der Waals surface area contributed by atoms with Crippen LogP contribution in [-0.2, 0) is 34.7 Å². The lowest BCUT2D eigenvalue weighted by Gasteiger charge is -2.34. The average Bonchev–Trinajstić information content (AvgIpc) is 3.18. The quantitative estimate of drug-likeness (QED) is 0.391. The number of carbonyl (C=O) groups excluding carboxylic acids is 1. The second kappa shape index (κ2) is 7.60. The summed E-state index contributed by atoms with van der Waals surface area (Å²) in [5.41, 5.74) is 2.25. The van der Waals surface area contributed by atoms with E-state index in [-0.39, 0.29) is 52.9 Å². The second-order valence-corrected chi connectivity index (χ2v) is 11.4. The Kier molecular flexibility index (Phi) is 4.98. The number of rotatable bonds is 2. The first-order valence-corrected chi connectivity index (χ1v) is 12.6. The van der Waals surface area contributed by atoms with Gasteiger partial charge in [-0.1, -0.05) is 18.5 Å². The fraction of sp³-hybridized carbons (Fsp3) is 0.444. The van der Waals surface area contributed by atoms with Gasteiger partial charge in [0.1, 0.15) is 12.4 Å². The van der Waals surface area contributed by atoms with E-state index in [1.807, 2.05) is 0 Å². The number of aryl methyl sites for hydroxylation is 1. The molecule has 4 heterocycles. The maximum Gasteiger partial charge on any atom is 0.343 e. The van der Waals surface area contributed by atoms with Crippen molar-refractivity contribution >= 4 is 28.5 Å². The van der Waals surface area contributed by atoms with Gasteiger partial charge in [0.25, 0.3) is 5.56 Å². The molecule has 9 heteroatoms. The first-order valence-electron chi connectivity index (χ1n) is 12.2. The molecule has 0 bridgehead atoms. The molecular weight excluding hydrogens is 485 g/mol. The number of hydrogen-bond donors (Lipinski definition) is 2. The number of hydrogen-bond acceptors (Lipinski definition) is 6. The van der Waals surface area contributed by atoms with Crippen LogP contribution in [-0.4, -0.2) is 26.2 Å². The number of aliphatic hydroxyl groups is 1. The molecule has 0 saturated carbocycles. The zero-order valence-corrected chi connectivity index (χ0v) is 21.3. The summed E-state index contributed by atoms with van der Waals surface area (Å²) < 4.78 is 21.6. The Morgan fingerprint density at radius 3 is 2.72 bits per heavy atom. The Morgan fingerprint density at radius 1 is 1.28 bits per heavy atom. The van der Waals surface area contributed by atoms with E-state index in [0.29, 0.717) is 23.3 Å². The van der Waals surface area contributed by atoms with Crippen molar-refractivity contribution in [3.05, 3.63) is 61.1 Å². The molecule has 0 amide bonds. The maximum atomic E-state index is 14.8. The topological polar surface area (TPSA) is 93.5 Å². The number of esters is 1. The third-order valence-corrected chi connectivity index (χ3v) is 8.06. The highest BCUT2D eigenvalue weighted by Gasteiger charge is 2.46. The molecule has 2 aliphatic heterocycles. The van der Waals surface area contributed by atoms with Crippen molar-refractivity contribution in [2.75, 3.05) is 0 Å². The van der Waals surface area contributed by atoms with Gasteiger partial charge in [0.2, 0.25) is 0 Å². The molecule has 36 heavy (non-hydrogen) atoms. The van der Waals surface area contributed by atoms with Crippen LogP contribution < -0.4 is 10.9 Å². The van der Waals surface area contributed by atoms with Gasteiger partial charge in [-0.05, 0) is 57.2 Å². The Labute approximate surface area is 212 Å². The number of pyridine rings is 2. The molecule has 0 spiro atoms. The van der Waals surface area contributed by atoms with E-state index in [1.54, 1.807) is 17.6 Å². The number of fused-ring (bicyclic) bond motifs is 5. The van der Waals surface area contributed by atoms with Crippen LogP contribution in [0.25, 0.3) is 22.3 Å². The predicted molar refractivity (Wildman–Crippen MR) is 133 cm³/mol. The largest absolute Gasteiger partial charge is 0.458 e. The van der Waals surface area contributed by atoms with Gasteiger partial charge in [-0.3, -0.25) is 4.79 Å². The monoisotopic (exact) mass is 511 g/mol. The van der Waals surface area contributed by atoms with Crippen LogP contribution in [0.5, 0.6) is 0 Å². The van der Waals surface area contributed by atoms with E-state index in [9.17, 15) is 19.1 Å². The zero-order valence-electron chi connectivity index (χ0n) is 20.6. The normalized spacial score (nSPS) is 22.3. The molecule has 0 fully saturated rings. The van der Waals surface area contributed by atoms with Crippen molar-refractivity contribution in [3.63, 3.8) is 0 Å². The van der Waals surface area contributed by atoms with Crippen molar-refractivity contribution in [1.82, 2.24) is 14.9 Å². The molecule has 0 saturated heterocycles. The number of halogens is 2. The van der Waals surface area contributed by atoms with Crippen LogP contribution >= 0.6 is 11.6 Å². The summed E-state index contributed by atoms with van der Waals surface area (Å²) in [6.45, 7) is 8.04. The van der Waals surface area contributed by atoms with Crippen LogP contribution in [0.15, 0.2) is 16.9 Å². The van der Waals surface area contributed by atoms with E-state index >= 15 is 0 Å². The van der Waals surface area contributed by atoms with Gasteiger partial charge in [-0.15, -0.1) is 0 Å². The zero-order chi connectivity index (χ0) is 25.7. The van der Waals surface area contributed by atoms with Crippen molar-refractivity contribution in [2.24, 2.45) is 0 Å². The molecule has 188 valence electrons. The highest BCUT2D eigenvalue weighted by Crippen LogP contribution is 2.47. The molecule has 3 aromatic rings. The van der Waals surface area contributed by atoms with Crippen molar-refractivity contribution in [3.8, 4) is 11.4 Å². The third kappa shape index (κ3) is 3.14. The molecule has 1 aromatic carbocycles. The van der Waals surface area contributed by atoms with Gasteiger partial charge >= 0.3 is 5.97 Å². The lowest BCUT2D eigenvalue weighted by atomic mass is 9.82. The summed E-state index contributed by atoms with van der Waals surface area (Å²) >= 11 is 6.42. The Hall–Kier alpha value is -2.81. The lowest BCUT2D eigenvalue weighted by Crippen LogP contribution is -2.44. The number of cyclic esters (lactones) is 1. The first-order chi connectivity index (χ1) is 16.9. The Morgan fingerprint density at radius 2 is 2.03 bits per heavy atom. The number of benzene rings is 1. The summed E-state index contributed by atoms with van der Waals surface area (Å²) in [6, 6.07) is 2.99. The average molecular weight is 512 g/mol. The minimum Gasteiger partial charge on any atom is -0.458 e. The van der Waals surface area contributed by atoms with Gasteiger partial charge in [0.05, 0.1) is 34.0 Å². The standard InChI is InChI=1S/C27H27ClFN3O4/c1-5-27(35)15-8-19-23-13(10-32(19)24(33)14(15)11-36-25(27)34)21-17(31-26(2,3)4)7-6-12-20(21)18(30-23)9-16(29)22(12)28/h8-9,17,31,35H,5-7,10-11H2,1-4H3/t17-,27-/m0/s1. The molecule has 0 unspecified atom stereocenters. The Bertz CT molecular complexity index is 1560. The second-order valence-electron chi connectivity index (χ2n) is 11.0. The van der Waals surface area contributed by atoms with Crippen LogP contribution in [0.2, 0.25) is 5.02 Å². The Balaban J connectivity index is 1.67. The van der Waals surface area contributed by atoms with E-state index < -0.39 is 17.4 Å². The summed E-state index contributed by atoms with van der Waals surface area (Å²) in [4.78, 5) is 30.9. The van der Waals surface area contributed by atoms with Crippen LogP contribution in [0.4, 0.5) is 4.39 Å². The molecular formula is C27H27ClFN3O4. The molecule has 2 N–H and O–H groups in total. The van der Waals surface area contributed by atoms with Gasteiger partial charge in [0.15, 0.2) is 5.60 Å². The van der Waals surface area contributed by atoms with E-state index in [0.717, 1.165) is 28.5 Å². The molecule has 3 aliphatic rings. The maximum absolute atomic E-state index is 14.8. The minimum absolute atomic E-state index is 0.0459. The first kappa shape index (κ1) is 23.6. The number of nitrogens with one attached hydrogen (secondary N) is 1. The summed E-state index contributed by atoms with van der Waals surface area (Å²) in [7, 11) is 0. The summed E-state index contributed by atoms with van der Waals surface area (Å²) in [5, 5.41) is 15.8. The highest BCUT2D eigenvalue weighted by atomic mass is 35.5. The summed E-state index contributed by atoms with van der Waals surface area (Å²) in [5.74, 6) is -1.29. The minimum atomic E-state index is -1.90. The number of carbonyl (C=O) groups is 1. The predicted octanol–water partition coefficient (Wildman–Crippen LogP) is 4.25. The molecule has 0 radical (unpaired) electrons. The fourth-order valence-corrected chi connectivity index (χ4v) is 6.26. The lowest BCUT2D eigenvalue weighted by molar-refractivity contribution is -0.172. The SMILES string of the molecule is CC[C@@]1(O)C(=O)OCc2c1cc1n(c2=O)Cc2c-1nc1cc(F)c(Cl)c3c1c2[C@@H](NC(C)(C)C)CC3. The fourth-order valence-electron chi connectivity index (χ4n) is 6.02. The molecule has 6 rings (SSSR count). The van der Waals surface area contributed by atoms with Gasteiger partial charge < -0.3 is 19.7 Å². The van der Waals surface area contributed by atoms with E-state index in [2.05, 4.69) is 26.1 Å². The van der Waals surface area contributed by atoms with Crippen molar-refractivity contribution in [2.45, 2.75) is 77.3 Å². The number of aromatic nitrogens is 2. The van der Waals surface area contributed by atoms with Crippen LogP contribution in [0, 0.1) is 5.82 Å². The van der Waals surface area contributed by atoms with Gasteiger partial charge in [-0.25, -0.2) is 14.2 Å². The van der Waals surface area contributed by atoms with Crippen molar-refractivity contribution < 1.29 is 19.0 Å². The molecule has 1 aliphatic carbocycles. The van der Waals surface area contributed by atoms with Crippen LogP contribution in [0.3, 0.4) is 0 Å². The number of ether oxygens (including phenoxy) is 1. The van der Waals surface area contributed by atoms with Crippen molar-refractivity contribution in [1.29, 1.82) is 0 Å². The van der Waals surface area contributed by atoms with Crippen LogP contribution in [0.1, 0.15) is 74.4 Å². The van der Waals surface area contributed by atoms with Gasteiger partial charge in [0, 0.05) is 34.2 Å². The smallest absolute Gasteiger partial charge is 0.343 e. The highest BCUT2D eigenvalue weighted by molar-refractivity contribution is 6.32. The van der Waals surface area contributed by atoms with E-state index in [1.165, 1.54) is 6.07 Å². The van der Waals surface area contributed by atoms with E-state index in [4.69, 9.17) is 21.3 Å².